The zero-order valence-electron chi connectivity index (χ0n) is 10.0. The Morgan fingerprint density at radius 1 is 1.50 bits per heavy atom. The first kappa shape index (κ1) is 14.7. The maximum atomic E-state index is 13.2. The second-order valence-corrected chi connectivity index (χ2v) is 5.22. The highest BCUT2D eigenvalue weighted by molar-refractivity contribution is 9.10. The van der Waals surface area contributed by atoms with Crippen LogP contribution in [0.1, 0.15) is 16.1 Å². The number of aromatic carboxylic acids is 1. The third kappa shape index (κ3) is 2.59. The van der Waals surface area contributed by atoms with Crippen molar-refractivity contribution in [2.24, 2.45) is 0 Å². The topological polar surface area (TPSA) is 72.2 Å². The van der Waals surface area contributed by atoms with Crippen molar-refractivity contribution in [2.75, 3.05) is 0 Å². The maximum Gasteiger partial charge on any atom is 0.360 e. The van der Waals surface area contributed by atoms with E-state index in [-0.39, 0.29) is 20.7 Å². The van der Waals surface area contributed by atoms with Crippen LogP contribution in [-0.4, -0.2) is 20.9 Å². The zero-order chi connectivity index (χ0) is 15.0. The lowest BCUT2D eigenvalue weighted by atomic mass is 10.2. The third-order valence-corrected chi connectivity index (χ3v) is 3.40. The molecule has 2 aromatic rings. The first-order valence-corrected chi connectivity index (χ1v) is 6.47. The predicted octanol–water partition coefficient (Wildman–Crippen LogP) is 2.79. The minimum Gasteiger partial charge on any atom is -0.476 e. The highest BCUT2D eigenvalue weighted by atomic mass is 79.9. The summed E-state index contributed by atoms with van der Waals surface area (Å²) in [7, 11) is 0. The minimum absolute atomic E-state index is 0.0313. The largest absolute Gasteiger partial charge is 0.476 e. The Morgan fingerprint density at radius 2 is 2.15 bits per heavy atom. The molecule has 0 saturated carbocycles. The summed E-state index contributed by atoms with van der Waals surface area (Å²) in [5, 5.41) is 12.7. The number of benzene rings is 1. The Hall–Kier alpha value is -1.73. The number of hydrogen-bond donors (Lipinski definition) is 1. The molecule has 8 heteroatoms. The van der Waals surface area contributed by atoms with Crippen LogP contribution in [0.25, 0.3) is 5.69 Å². The summed E-state index contributed by atoms with van der Waals surface area (Å²) in [4.78, 5) is 22.7. The van der Waals surface area contributed by atoms with Gasteiger partial charge in [-0.3, -0.25) is 4.79 Å². The molecular weight excluding hydrogens is 354 g/mol. The quantitative estimate of drug-likeness (QED) is 0.893. The summed E-state index contributed by atoms with van der Waals surface area (Å²) >= 11 is 9.07. The summed E-state index contributed by atoms with van der Waals surface area (Å²) in [6.45, 7) is 1.46. The Bertz CT molecular complexity index is 753. The van der Waals surface area contributed by atoms with Gasteiger partial charge in [0.15, 0.2) is 0 Å². The van der Waals surface area contributed by atoms with Gasteiger partial charge in [-0.2, -0.15) is 5.10 Å². The van der Waals surface area contributed by atoms with Gasteiger partial charge in [-0.05, 0) is 35.0 Å². The van der Waals surface area contributed by atoms with Crippen LogP contribution in [-0.2, 0) is 0 Å². The highest BCUT2D eigenvalue weighted by Gasteiger charge is 2.17. The first-order valence-electron chi connectivity index (χ1n) is 5.30. The molecule has 104 valence electrons. The van der Waals surface area contributed by atoms with Gasteiger partial charge in [-0.1, -0.05) is 11.6 Å². The second kappa shape index (κ2) is 5.34. The van der Waals surface area contributed by atoms with Crippen molar-refractivity contribution >= 4 is 33.5 Å². The lowest BCUT2D eigenvalue weighted by molar-refractivity contribution is 0.0686. The van der Waals surface area contributed by atoms with E-state index in [2.05, 4.69) is 21.0 Å². The number of aromatic nitrogens is 2. The molecule has 0 radical (unpaired) electrons. The fraction of sp³-hybridized carbons (Fsp3) is 0.0833. The van der Waals surface area contributed by atoms with Crippen molar-refractivity contribution in [1.29, 1.82) is 0 Å². The maximum absolute atomic E-state index is 13.2. The fourth-order valence-electron chi connectivity index (χ4n) is 1.62. The van der Waals surface area contributed by atoms with Crippen LogP contribution in [0.15, 0.2) is 27.6 Å². The van der Waals surface area contributed by atoms with Crippen molar-refractivity contribution in [1.82, 2.24) is 9.78 Å². The molecule has 1 aromatic heterocycles. The monoisotopic (exact) mass is 360 g/mol. The third-order valence-electron chi connectivity index (χ3n) is 2.51. The molecular formula is C12H7BrClFN2O3. The van der Waals surface area contributed by atoms with Crippen molar-refractivity contribution in [3.05, 3.63) is 55.1 Å². The molecule has 1 N–H and O–H groups in total. The van der Waals surface area contributed by atoms with Gasteiger partial charge in [0.05, 0.1) is 10.7 Å². The van der Waals surface area contributed by atoms with Crippen LogP contribution < -0.4 is 5.43 Å². The second-order valence-electron chi connectivity index (χ2n) is 3.96. The van der Waals surface area contributed by atoms with Gasteiger partial charge in [0.2, 0.25) is 11.1 Å². The summed E-state index contributed by atoms with van der Waals surface area (Å²) < 4.78 is 14.6. The van der Waals surface area contributed by atoms with E-state index < -0.39 is 22.9 Å². The zero-order valence-corrected chi connectivity index (χ0v) is 12.4. The number of carbonyl (C=O) groups is 1. The van der Waals surface area contributed by atoms with Gasteiger partial charge in [0, 0.05) is 16.2 Å². The molecule has 0 aliphatic carbocycles. The van der Waals surface area contributed by atoms with Crippen LogP contribution in [0.2, 0.25) is 5.02 Å². The van der Waals surface area contributed by atoms with Crippen LogP contribution >= 0.6 is 27.5 Å². The molecule has 20 heavy (non-hydrogen) atoms. The number of halogens is 3. The van der Waals surface area contributed by atoms with E-state index >= 15 is 0 Å². The number of rotatable bonds is 2. The van der Waals surface area contributed by atoms with Crippen LogP contribution in [0, 0.1) is 12.7 Å². The number of aryl methyl sites for hydroxylation is 1. The van der Waals surface area contributed by atoms with Crippen molar-refractivity contribution in [3.8, 4) is 5.69 Å². The molecule has 0 fully saturated rings. The smallest absolute Gasteiger partial charge is 0.360 e. The molecule has 0 spiro atoms. The molecule has 0 atom stereocenters. The Labute approximate surface area is 125 Å². The SMILES string of the molecule is Cc1cn(-c2c(Cl)cc(F)cc2Br)nc(C(=O)O)c1=O. The predicted molar refractivity (Wildman–Crippen MR) is 74.2 cm³/mol. The lowest BCUT2D eigenvalue weighted by Crippen LogP contribution is -2.23. The number of hydrogen-bond acceptors (Lipinski definition) is 3. The van der Waals surface area contributed by atoms with E-state index in [9.17, 15) is 14.0 Å². The van der Waals surface area contributed by atoms with E-state index in [4.69, 9.17) is 16.7 Å². The van der Waals surface area contributed by atoms with Crippen molar-refractivity contribution in [3.63, 3.8) is 0 Å². The number of carboxylic acid groups (broad SMARTS) is 1. The van der Waals surface area contributed by atoms with Gasteiger partial charge in [-0.25, -0.2) is 13.9 Å². The minimum atomic E-state index is -1.44. The molecule has 0 saturated heterocycles. The van der Waals surface area contributed by atoms with Gasteiger partial charge >= 0.3 is 5.97 Å². The van der Waals surface area contributed by atoms with Gasteiger partial charge in [0.25, 0.3) is 0 Å². The molecule has 0 unspecified atom stereocenters. The molecule has 0 aliphatic rings. The van der Waals surface area contributed by atoms with E-state index in [1.54, 1.807) is 0 Å². The Morgan fingerprint density at radius 3 is 2.70 bits per heavy atom. The molecule has 0 amide bonds. The molecule has 5 nitrogen and oxygen atoms in total. The molecule has 2 rings (SSSR count). The molecule has 1 aromatic carbocycles. The van der Waals surface area contributed by atoms with Crippen LogP contribution in [0.4, 0.5) is 4.39 Å². The van der Waals surface area contributed by atoms with Crippen LogP contribution in [0.3, 0.4) is 0 Å². The summed E-state index contributed by atoms with van der Waals surface area (Å²) in [6.07, 6.45) is 1.33. The van der Waals surface area contributed by atoms with E-state index in [1.165, 1.54) is 13.1 Å². The highest BCUT2D eigenvalue weighted by Crippen LogP contribution is 2.29. The van der Waals surface area contributed by atoms with E-state index in [0.717, 1.165) is 16.8 Å². The van der Waals surface area contributed by atoms with Gasteiger partial charge in [-0.15, -0.1) is 0 Å². The molecule has 1 heterocycles. The molecule has 0 bridgehead atoms. The van der Waals surface area contributed by atoms with E-state index in [1.807, 2.05) is 0 Å². The van der Waals surface area contributed by atoms with Gasteiger partial charge < -0.3 is 5.11 Å². The van der Waals surface area contributed by atoms with Crippen molar-refractivity contribution < 1.29 is 14.3 Å². The average Bonchev–Trinajstić information content (AvgIpc) is 2.31. The Balaban J connectivity index is 2.78. The standard InChI is InChI=1S/C12H7BrClFN2O3/c1-5-4-17(16-9(11(5)18)12(19)20)10-7(13)2-6(15)3-8(10)14/h2-4H,1H3,(H,19,20). The summed E-state index contributed by atoms with van der Waals surface area (Å²) in [6, 6.07) is 2.23. The number of nitrogens with zero attached hydrogens (tertiary/aromatic N) is 2. The fourth-order valence-corrected chi connectivity index (χ4v) is 2.64. The first-order chi connectivity index (χ1) is 9.31. The van der Waals surface area contributed by atoms with E-state index in [0.29, 0.717) is 0 Å². The summed E-state index contributed by atoms with van der Waals surface area (Å²) in [5.41, 5.74) is -0.872. The molecule has 0 aliphatic heterocycles. The summed E-state index contributed by atoms with van der Waals surface area (Å²) in [5.74, 6) is -2.00. The lowest BCUT2D eigenvalue weighted by Gasteiger charge is -2.11. The van der Waals surface area contributed by atoms with Crippen molar-refractivity contribution in [2.45, 2.75) is 6.92 Å². The average molecular weight is 362 g/mol. The normalized spacial score (nSPS) is 10.6. The number of carboxylic acids is 1. The van der Waals surface area contributed by atoms with Gasteiger partial charge in [0.1, 0.15) is 5.82 Å². The van der Waals surface area contributed by atoms with Crippen LogP contribution in [0.5, 0.6) is 0 Å². The Kier molecular flexibility index (Phi) is 3.92.